The molecule has 3 aromatic rings. The number of rotatable bonds is 6. The predicted molar refractivity (Wildman–Crippen MR) is 112 cm³/mol. The highest BCUT2D eigenvalue weighted by Crippen LogP contribution is 2.39. The van der Waals surface area contributed by atoms with Crippen LogP contribution < -0.4 is 15.2 Å². The first kappa shape index (κ1) is 19.6. The summed E-state index contributed by atoms with van der Waals surface area (Å²) in [5.74, 6) is 0.883. The number of aromatic nitrogens is 1. The Hall–Kier alpha value is -3.67. The van der Waals surface area contributed by atoms with E-state index in [0.29, 0.717) is 42.1 Å². The Morgan fingerprint density at radius 1 is 1.10 bits per heavy atom. The molecule has 6 heteroatoms. The van der Waals surface area contributed by atoms with E-state index in [1.807, 2.05) is 37.3 Å². The number of carbonyl (C=O) groups excluding carboxylic acids is 2. The fourth-order valence-corrected chi connectivity index (χ4v) is 3.64. The maximum atomic E-state index is 12.3. The van der Waals surface area contributed by atoms with Crippen LogP contribution in [0.3, 0.4) is 0 Å². The number of pyridine rings is 1. The summed E-state index contributed by atoms with van der Waals surface area (Å²) in [7, 11) is 0. The van der Waals surface area contributed by atoms with E-state index in [1.165, 1.54) is 0 Å². The molecule has 0 radical (unpaired) electrons. The van der Waals surface area contributed by atoms with Crippen molar-refractivity contribution in [3.05, 3.63) is 88.7 Å². The minimum Gasteiger partial charge on any atom is -0.492 e. The number of ether oxygens (including phenoxy) is 2. The molecule has 2 heterocycles. The molecule has 1 aliphatic heterocycles. The predicted octanol–water partition coefficient (Wildman–Crippen LogP) is 3.88. The maximum absolute atomic E-state index is 12.3. The Balaban J connectivity index is 1.76. The van der Waals surface area contributed by atoms with Gasteiger partial charge in [-0.15, -0.1) is 0 Å². The minimum absolute atomic E-state index is 0.0882. The summed E-state index contributed by atoms with van der Waals surface area (Å²) in [5.41, 5.74) is 9.05. The van der Waals surface area contributed by atoms with Crippen LogP contribution in [0.15, 0.2) is 60.9 Å². The lowest BCUT2D eigenvalue weighted by Crippen LogP contribution is -2.18. The molecule has 1 aliphatic rings. The summed E-state index contributed by atoms with van der Waals surface area (Å²) in [6, 6.07) is 14.4. The molecule has 0 saturated heterocycles. The number of amides is 1. The average molecular weight is 402 g/mol. The average Bonchev–Trinajstić information content (AvgIpc) is 2.78. The molecule has 6 nitrogen and oxygen atoms in total. The molecular formula is C24H22N2O4. The van der Waals surface area contributed by atoms with Gasteiger partial charge in [0.2, 0.25) is 5.91 Å². The molecule has 4 rings (SSSR count). The Kier molecular flexibility index (Phi) is 5.48. The van der Waals surface area contributed by atoms with E-state index in [2.05, 4.69) is 4.98 Å². The molecule has 1 amide bonds. The second kappa shape index (κ2) is 8.37. The normalized spacial score (nSPS) is 13.8. The van der Waals surface area contributed by atoms with Crippen LogP contribution in [0.2, 0.25) is 0 Å². The Labute approximate surface area is 174 Å². The van der Waals surface area contributed by atoms with Gasteiger partial charge in [0, 0.05) is 29.9 Å². The lowest BCUT2D eigenvalue weighted by molar-refractivity contribution is 0.0931. The number of Topliss-reactive ketones (excluding diaryl/α,β-unsaturated/α-hetero) is 1. The summed E-state index contributed by atoms with van der Waals surface area (Å²) in [6.07, 6.45) is 4.03. The zero-order valence-corrected chi connectivity index (χ0v) is 16.6. The molecule has 0 spiro atoms. The number of nitrogens with zero attached hydrogens (tertiary/aromatic N) is 1. The van der Waals surface area contributed by atoms with Crippen LogP contribution >= 0.6 is 0 Å². The number of primary amides is 1. The van der Waals surface area contributed by atoms with Crippen LogP contribution in [-0.2, 0) is 6.42 Å². The third kappa shape index (κ3) is 3.76. The van der Waals surface area contributed by atoms with E-state index in [4.69, 9.17) is 15.2 Å². The molecule has 1 aromatic heterocycles. The lowest BCUT2D eigenvalue weighted by Gasteiger charge is -2.25. The van der Waals surface area contributed by atoms with Crippen molar-refractivity contribution in [3.63, 3.8) is 0 Å². The third-order valence-corrected chi connectivity index (χ3v) is 5.20. The van der Waals surface area contributed by atoms with Crippen LogP contribution in [0.25, 0.3) is 0 Å². The zero-order chi connectivity index (χ0) is 21.1. The van der Waals surface area contributed by atoms with Crippen molar-refractivity contribution in [1.82, 2.24) is 4.98 Å². The molecule has 30 heavy (non-hydrogen) atoms. The Bertz CT molecular complexity index is 1080. The standard InChI is InChI=1S/C24H22N2O4/c1-2-18-21(8-7-19-20(27)11-14-29-23(18)19)30-22(16-9-12-26-13-10-16)15-3-5-17(6-4-15)24(25)28/h3-10,12-13,22H,2,11,14H2,1H3,(H2,25,28). The number of fused-ring (bicyclic) bond motifs is 1. The number of hydrogen-bond donors (Lipinski definition) is 1. The molecule has 2 aromatic carbocycles. The maximum Gasteiger partial charge on any atom is 0.248 e. The minimum atomic E-state index is -0.479. The summed E-state index contributed by atoms with van der Waals surface area (Å²) >= 11 is 0. The smallest absolute Gasteiger partial charge is 0.248 e. The first-order chi connectivity index (χ1) is 14.6. The second-order valence-corrected chi connectivity index (χ2v) is 7.06. The van der Waals surface area contributed by atoms with Gasteiger partial charge in [-0.1, -0.05) is 19.1 Å². The number of hydrogen-bond acceptors (Lipinski definition) is 5. The van der Waals surface area contributed by atoms with Crippen LogP contribution in [0.1, 0.15) is 56.9 Å². The van der Waals surface area contributed by atoms with Crippen LogP contribution in [-0.4, -0.2) is 23.3 Å². The van der Waals surface area contributed by atoms with Gasteiger partial charge in [0.25, 0.3) is 0 Å². The molecule has 2 N–H and O–H groups in total. The summed E-state index contributed by atoms with van der Waals surface area (Å²) < 4.78 is 12.3. The molecule has 1 unspecified atom stereocenters. The van der Waals surface area contributed by atoms with Crippen molar-refractivity contribution in [2.75, 3.05) is 6.61 Å². The molecule has 1 atom stereocenters. The highest BCUT2D eigenvalue weighted by Gasteiger charge is 2.25. The third-order valence-electron chi connectivity index (χ3n) is 5.20. The van der Waals surface area contributed by atoms with Crippen molar-refractivity contribution in [2.45, 2.75) is 25.9 Å². The topological polar surface area (TPSA) is 91.5 Å². The van der Waals surface area contributed by atoms with Crippen molar-refractivity contribution in [2.24, 2.45) is 5.73 Å². The second-order valence-electron chi connectivity index (χ2n) is 7.06. The van der Waals surface area contributed by atoms with E-state index in [-0.39, 0.29) is 5.78 Å². The number of ketones is 1. The van der Waals surface area contributed by atoms with Crippen molar-refractivity contribution < 1.29 is 19.1 Å². The molecule has 0 fully saturated rings. The first-order valence-electron chi connectivity index (χ1n) is 9.86. The highest BCUT2D eigenvalue weighted by atomic mass is 16.5. The molecule has 0 bridgehead atoms. The molecule has 0 aliphatic carbocycles. The van der Waals surface area contributed by atoms with Gasteiger partial charge in [0.1, 0.15) is 17.6 Å². The van der Waals surface area contributed by atoms with Gasteiger partial charge in [-0.25, -0.2) is 0 Å². The van der Waals surface area contributed by atoms with Crippen molar-refractivity contribution >= 4 is 11.7 Å². The lowest BCUT2D eigenvalue weighted by atomic mass is 9.98. The monoisotopic (exact) mass is 402 g/mol. The van der Waals surface area contributed by atoms with Gasteiger partial charge in [0.05, 0.1) is 12.2 Å². The SMILES string of the molecule is CCc1c(OC(c2ccncc2)c2ccc(C(N)=O)cc2)ccc2c1OCCC2=O. The molecule has 0 saturated carbocycles. The van der Waals surface area contributed by atoms with E-state index >= 15 is 0 Å². The Morgan fingerprint density at radius 2 is 1.80 bits per heavy atom. The highest BCUT2D eigenvalue weighted by molar-refractivity contribution is 6.00. The van der Waals surface area contributed by atoms with Gasteiger partial charge in [0.15, 0.2) is 5.78 Å². The van der Waals surface area contributed by atoms with E-state index < -0.39 is 12.0 Å². The van der Waals surface area contributed by atoms with Crippen LogP contribution in [0, 0.1) is 0 Å². The number of carbonyl (C=O) groups is 2. The van der Waals surface area contributed by atoms with E-state index in [9.17, 15) is 9.59 Å². The van der Waals surface area contributed by atoms with Gasteiger partial charge in [-0.05, 0) is 53.9 Å². The van der Waals surface area contributed by atoms with Gasteiger partial charge in [-0.2, -0.15) is 0 Å². The largest absolute Gasteiger partial charge is 0.492 e. The Morgan fingerprint density at radius 3 is 2.47 bits per heavy atom. The molecular weight excluding hydrogens is 380 g/mol. The molecule has 152 valence electrons. The van der Waals surface area contributed by atoms with E-state index in [0.717, 1.165) is 16.7 Å². The van der Waals surface area contributed by atoms with Crippen LogP contribution in [0.5, 0.6) is 11.5 Å². The number of nitrogens with two attached hydrogens (primary N) is 1. The van der Waals surface area contributed by atoms with Gasteiger partial charge < -0.3 is 15.2 Å². The first-order valence-corrected chi connectivity index (χ1v) is 9.86. The summed E-state index contributed by atoms with van der Waals surface area (Å²) in [5, 5.41) is 0. The van der Waals surface area contributed by atoms with E-state index in [1.54, 1.807) is 30.6 Å². The van der Waals surface area contributed by atoms with Crippen molar-refractivity contribution in [3.8, 4) is 11.5 Å². The fraction of sp³-hybridized carbons (Fsp3) is 0.208. The quantitative estimate of drug-likeness (QED) is 0.676. The number of benzene rings is 2. The summed E-state index contributed by atoms with van der Waals surface area (Å²) in [6.45, 7) is 2.39. The van der Waals surface area contributed by atoms with Crippen molar-refractivity contribution in [1.29, 1.82) is 0 Å². The van der Waals surface area contributed by atoms with Crippen LogP contribution in [0.4, 0.5) is 0 Å². The zero-order valence-electron chi connectivity index (χ0n) is 16.6. The summed E-state index contributed by atoms with van der Waals surface area (Å²) in [4.78, 5) is 27.8. The van der Waals surface area contributed by atoms with Gasteiger partial charge >= 0.3 is 0 Å². The fourth-order valence-electron chi connectivity index (χ4n) is 3.64. The van der Waals surface area contributed by atoms with Gasteiger partial charge in [-0.3, -0.25) is 14.6 Å².